The second-order valence-corrected chi connectivity index (χ2v) is 7.05. The zero-order chi connectivity index (χ0) is 17.1. The highest BCUT2D eigenvalue weighted by molar-refractivity contribution is 5.92. The molecule has 1 saturated carbocycles. The van der Waals surface area contributed by atoms with Crippen molar-refractivity contribution in [1.82, 2.24) is 9.80 Å². The molecule has 1 N–H and O–H groups in total. The average Bonchev–Trinajstić information content (AvgIpc) is 3.23. The molecular weight excluding hydrogens is 312 g/mol. The van der Waals surface area contributed by atoms with Gasteiger partial charge in [-0.15, -0.1) is 0 Å². The number of carbonyl (C=O) groups is 3. The van der Waals surface area contributed by atoms with Crippen molar-refractivity contribution in [3.05, 3.63) is 0 Å². The Hall–Kier alpha value is -1.63. The first-order valence-electron chi connectivity index (χ1n) is 8.99. The van der Waals surface area contributed by atoms with Crippen molar-refractivity contribution in [2.75, 3.05) is 26.2 Å². The van der Waals surface area contributed by atoms with Crippen molar-refractivity contribution >= 4 is 17.8 Å². The predicted molar refractivity (Wildman–Crippen MR) is 85.3 cm³/mol. The normalized spacial score (nSPS) is 28.6. The van der Waals surface area contributed by atoms with E-state index in [2.05, 4.69) is 0 Å². The Morgan fingerprint density at radius 2 is 1.88 bits per heavy atom. The lowest BCUT2D eigenvalue weighted by atomic mass is 10.0. The Morgan fingerprint density at radius 1 is 1.12 bits per heavy atom. The smallest absolute Gasteiger partial charge is 0.305 e. The number of hydrogen-bond donors (Lipinski definition) is 1. The molecular formula is C17H26N2O5. The highest BCUT2D eigenvalue weighted by Gasteiger charge is 2.41. The first kappa shape index (κ1) is 17.2. The number of carboxylic acid groups (broad SMARTS) is 1. The molecule has 24 heavy (non-hydrogen) atoms. The summed E-state index contributed by atoms with van der Waals surface area (Å²) in [5.41, 5.74) is 0. The lowest BCUT2D eigenvalue weighted by Gasteiger charge is -2.41. The maximum atomic E-state index is 12.8. The first-order valence-corrected chi connectivity index (χ1v) is 8.99. The number of carboxylic acids is 1. The fraction of sp³-hybridized carbons (Fsp3) is 0.824. The van der Waals surface area contributed by atoms with Gasteiger partial charge in [0.15, 0.2) is 0 Å². The molecule has 2 atom stereocenters. The van der Waals surface area contributed by atoms with Gasteiger partial charge in [-0.2, -0.15) is 0 Å². The van der Waals surface area contributed by atoms with Gasteiger partial charge in [0, 0.05) is 32.2 Å². The van der Waals surface area contributed by atoms with Crippen LogP contribution in [0.5, 0.6) is 0 Å². The molecule has 7 heteroatoms. The van der Waals surface area contributed by atoms with Gasteiger partial charge in [-0.25, -0.2) is 0 Å². The summed E-state index contributed by atoms with van der Waals surface area (Å²) in [7, 11) is 0. The SMILES string of the molecule is O=C(O)CC1C(=O)N(CC2CCCO2)CCN1C(=O)C1CCCC1. The highest BCUT2D eigenvalue weighted by Crippen LogP contribution is 2.29. The Balaban J connectivity index is 1.69. The standard InChI is InChI=1S/C17H26N2O5/c20-15(21)10-14-17(23)18(11-13-6-3-9-24-13)7-8-19(14)16(22)12-4-1-2-5-12/h12-14H,1-11H2,(H,20,21). The van der Waals surface area contributed by atoms with Crippen molar-refractivity contribution < 1.29 is 24.2 Å². The van der Waals surface area contributed by atoms with E-state index in [1.54, 1.807) is 4.90 Å². The van der Waals surface area contributed by atoms with E-state index < -0.39 is 12.0 Å². The molecule has 0 bridgehead atoms. The van der Waals surface area contributed by atoms with Gasteiger partial charge in [0.25, 0.3) is 0 Å². The summed E-state index contributed by atoms with van der Waals surface area (Å²) in [6, 6.07) is -0.870. The van der Waals surface area contributed by atoms with Gasteiger partial charge < -0.3 is 19.6 Å². The molecule has 2 heterocycles. The number of hydrogen-bond acceptors (Lipinski definition) is 4. The van der Waals surface area contributed by atoms with Gasteiger partial charge in [-0.1, -0.05) is 12.8 Å². The number of piperazine rings is 1. The molecule has 2 amide bonds. The molecule has 0 aromatic carbocycles. The summed E-state index contributed by atoms with van der Waals surface area (Å²) in [6.45, 7) is 2.11. The molecule has 0 aromatic rings. The fourth-order valence-electron chi connectivity index (χ4n) is 4.09. The summed E-state index contributed by atoms with van der Waals surface area (Å²) in [4.78, 5) is 39.9. The third kappa shape index (κ3) is 3.71. The van der Waals surface area contributed by atoms with Crippen LogP contribution in [0.3, 0.4) is 0 Å². The third-order valence-corrected chi connectivity index (χ3v) is 5.39. The highest BCUT2D eigenvalue weighted by atomic mass is 16.5. The van der Waals surface area contributed by atoms with Crippen molar-refractivity contribution in [1.29, 1.82) is 0 Å². The van der Waals surface area contributed by atoms with E-state index in [4.69, 9.17) is 4.74 Å². The molecule has 2 saturated heterocycles. The van der Waals surface area contributed by atoms with E-state index in [0.717, 1.165) is 45.1 Å². The van der Waals surface area contributed by atoms with Crippen molar-refractivity contribution in [3.63, 3.8) is 0 Å². The molecule has 0 spiro atoms. The zero-order valence-electron chi connectivity index (χ0n) is 14.0. The second kappa shape index (κ2) is 7.51. The molecule has 3 fully saturated rings. The zero-order valence-corrected chi connectivity index (χ0v) is 14.0. The number of ether oxygens (including phenoxy) is 1. The van der Waals surface area contributed by atoms with Gasteiger partial charge in [0.05, 0.1) is 12.5 Å². The number of amides is 2. The van der Waals surface area contributed by atoms with E-state index >= 15 is 0 Å². The van der Waals surface area contributed by atoms with Gasteiger partial charge in [-0.3, -0.25) is 14.4 Å². The van der Waals surface area contributed by atoms with E-state index in [1.165, 1.54) is 4.90 Å². The van der Waals surface area contributed by atoms with Crippen LogP contribution >= 0.6 is 0 Å². The topological polar surface area (TPSA) is 87.2 Å². The molecule has 2 aliphatic heterocycles. The van der Waals surface area contributed by atoms with Gasteiger partial charge in [0.1, 0.15) is 6.04 Å². The molecule has 2 unspecified atom stereocenters. The van der Waals surface area contributed by atoms with Crippen LogP contribution in [0, 0.1) is 5.92 Å². The Labute approximate surface area is 141 Å². The maximum Gasteiger partial charge on any atom is 0.305 e. The first-order chi connectivity index (χ1) is 11.6. The maximum absolute atomic E-state index is 12.8. The Bertz CT molecular complexity index is 497. The van der Waals surface area contributed by atoms with Crippen molar-refractivity contribution in [3.8, 4) is 0 Å². The van der Waals surface area contributed by atoms with E-state index in [-0.39, 0.29) is 30.3 Å². The van der Waals surface area contributed by atoms with Crippen LogP contribution in [0.15, 0.2) is 0 Å². The van der Waals surface area contributed by atoms with E-state index in [9.17, 15) is 19.5 Å². The number of rotatable bonds is 5. The molecule has 3 aliphatic rings. The average molecular weight is 338 g/mol. The Morgan fingerprint density at radius 3 is 2.50 bits per heavy atom. The van der Waals surface area contributed by atoms with Crippen LogP contribution in [0.1, 0.15) is 44.9 Å². The van der Waals surface area contributed by atoms with Gasteiger partial charge in [0.2, 0.25) is 11.8 Å². The van der Waals surface area contributed by atoms with Gasteiger partial charge >= 0.3 is 5.97 Å². The van der Waals surface area contributed by atoms with E-state index in [0.29, 0.717) is 19.6 Å². The second-order valence-electron chi connectivity index (χ2n) is 7.05. The van der Waals surface area contributed by atoms with Crippen LogP contribution in [0.2, 0.25) is 0 Å². The lowest BCUT2D eigenvalue weighted by Crippen LogP contribution is -2.61. The Kier molecular flexibility index (Phi) is 5.38. The minimum absolute atomic E-state index is 0.0381. The third-order valence-electron chi connectivity index (χ3n) is 5.39. The van der Waals surface area contributed by atoms with Crippen molar-refractivity contribution in [2.24, 2.45) is 5.92 Å². The summed E-state index contributed by atoms with van der Waals surface area (Å²) in [6.07, 6.45) is 5.41. The minimum atomic E-state index is -1.04. The predicted octanol–water partition coefficient (Wildman–Crippen LogP) is 0.870. The van der Waals surface area contributed by atoms with Crippen LogP contribution in [-0.4, -0.2) is 71.1 Å². The van der Waals surface area contributed by atoms with Crippen LogP contribution in [0.4, 0.5) is 0 Å². The summed E-state index contributed by atoms with van der Waals surface area (Å²) >= 11 is 0. The summed E-state index contributed by atoms with van der Waals surface area (Å²) < 4.78 is 5.59. The van der Waals surface area contributed by atoms with Gasteiger partial charge in [-0.05, 0) is 25.7 Å². The minimum Gasteiger partial charge on any atom is -0.481 e. The number of aliphatic carboxylic acids is 1. The van der Waals surface area contributed by atoms with Crippen LogP contribution in [0.25, 0.3) is 0 Å². The molecule has 7 nitrogen and oxygen atoms in total. The summed E-state index contributed by atoms with van der Waals surface area (Å²) in [5.74, 6) is -1.37. The number of carbonyl (C=O) groups excluding carboxylic acids is 2. The quantitative estimate of drug-likeness (QED) is 0.804. The number of nitrogens with zero attached hydrogens (tertiary/aromatic N) is 2. The lowest BCUT2D eigenvalue weighted by molar-refractivity contribution is -0.158. The fourth-order valence-corrected chi connectivity index (χ4v) is 4.09. The van der Waals surface area contributed by atoms with Crippen molar-refractivity contribution in [2.45, 2.75) is 57.1 Å². The van der Waals surface area contributed by atoms with Crippen LogP contribution < -0.4 is 0 Å². The molecule has 0 radical (unpaired) electrons. The van der Waals surface area contributed by atoms with Crippen LogP contribution in [-0.2, 0) is 19.1 Å². The largest absolute Gasteiger partial charge is 0.481 e. The molecule has 1 aliphatic carbocycles. The molecule has 0 aromatic heterocycles. The monoisotopic (exact) mass is 338 g/mol. The van der Waals surface area contributed by atoms with E-state index in [1.807, 2.05) is 0 Å². The molecule has 134 valence electrons. The summed E-state index contributed by atoms with van der Waals surface area (Å²) in [5, 5.41) is 9.19. The molecule has 3 rings (SSSR count).